The summed E-state index contributed by atoms with van der Waals surface area (Å²) in [6.45, 7) is 2.59. The van der Waals surface area contributed by atoms with Gasteiger partial charge in [-0.25, -0.2) is 4.68 Å². The van der Waals surface area contributed by atoms with Crippen LogP contribution in [0.2, 0.25) is 0 Å². The van der Waals surface area contributed by atoms with Crippen LogP contribution in [0.15, 0.2) is 68.5 Å². The van der Waals surface area contributed by atoms with Crippen LogP contribution in [-0.2, 0) is 6.54 Å². The Morgan fingerprint density at radius 3 is 2.79 bits per heavy atom. The van der Waals surface area contributed by atoms with Crippen molar-refractivity contribution in [1.82, 2.24) is 4.68 Å². The molecule has 3 aromatic rings. The summed E-state index contributed by atoms with van der Waals surface area (Å²) in [5.41, 5.74) is 2.80. The third-order valence-electron chi connectivity index (χ3n) is 3.39. The Kier molecular flexibility index (Phi) is 5.27. The van der Waals surface area contributed by atoms with Crippen LogP contribution in [0.1, 0.15) is 16.8 Å². The van der Waals surface area contributed by atoms with Crippen molar-refractivity contribution in [1.29, 1.82) is 0 Å². The number of hydrogen-bond donors (Lipinski definition) is 1. The average molecular weight is 402 g/mol. The number of thiazole rings is 1. The van der Waals surface area contributed by atoms with E-state index in [0.717, 1.165) is 20.5 Å². The summed E-state index contributed by atoms with van der Waals surface area (Å²) in [6, 6.07) is 15.4. The molecule has 0 aliphatic carbocycles. The van der Waals surface area contributed by atoms with E-state index in [9.17, 15) is 5.11 Å². The Hall–Kier alpha value is -2.18. The first-order valence-corrected chi connectivity index (χ1v) is 9.05. The van der Waals surface area contributed by atoms with E-state index in [4.69, 9.17) is 0 Å². The Labute approximate surface area is 152 Å². The van der Waals surface area contributed by atoms with E-state index in [1.165, 1.54) is 0 Å². The molecule has 0 unspecified atom stereocenters. The van der Waals surface area contributed by atoms with Crippen LogP contribution in [0.3, 0.4) is 0 Å². The fraction of sp³-hybridized carbons (Fsp3) is 0.111. The van der Waals surface area contributed by atoms with Gasteiger partial charge in [-0.2, -0.15) is 5.10 Å². The summed E-state index contributed by atoms with van der Waals surface area (Å²) in [5, 5.41) is 16.4. The van der Waals surface area contributed by atoms with Gasteiger partial charge in [0.2, 0.25) is 4.80 Å². The highest BCUT2D eigenvalue weighted by atomic mass is 79.9. The number of aromatic hydroxyl groups is 1. The largest absolute Gasteiger partial charge is 0.507 e. The predicted molar refractivity (Wildman–Crippen MR) is 102 cm³/mol. The first kappa shape index (κ1) is 16.7. The lowest BCUT2D eigenvalue weighted by Crippen LogP contribution is -2.12. The molecule has 1 heterocycles. The van der Waals surface area contributed by atoms with E-state index in [2.05, 4.69) is 38.2 Å². The van der Waals surface area contributed by atoms with Crippen molar-refractivity contribution in [3.63, 3.8) is 0 Å². The maximum atomic E-state index is 9.91. The van der Waals surface area contributed by atoms with Crippen molar-refractivity contribution in [2.24, 2.45) is 10.1 Å². The fourth-order valence-corrected chi connectivity index (χ4v) is 3.31. The van der Waals surface area contributed by atoms with E-state index < -0.39 is 0 Å². The van der Waals surface area contributed by atoms with Crippen LogP contribution < -0.4 is 4.80 Å². The molecular weight excluding hydrogens is 386 g/mol. The fourth-order valence-electron chi connectivity index (χ4n) is 2.12. The van der Waals surface area contributed by atoms with Gasteiger partial charge < -0.3 is 5.11 Å². The van der Waals surface area contributed by atoms with E-state index in [-0.39, 0.29) is 5.75 Å². The molecule has 0 atom stereocenters. The lowest BCUT2D eigenvalue weighted by molar-refractivity contribution is 0.474. The molecule has 6 heteroatoms. The van der Waals surface area contributed by atoms with E-state index in [1.807, 2.05) is 36.6 Å². The van der Waals surface area contributed by atoms with Crippen LogP contribution in [0.4, 0.5) is 0 Å². The predicted octanol–water partition coefficient (Wildman–Crippen LogP) is 4.31. The van der Waals surface area contributed by atoms with Gasteiger partial charge in [0.25, 0.3) is 0 Å². The second-order valence-electron chi connectivity index (χ2n) is 5.22. The zero-order chi connectivity index (χ0) is 16.9. The number of halogens is 1. The van der Waals surface area contributed by atoms with Crippen LogP contribution >= 0.6 is 27.3 Å². The highest BCUT2D eigenvalue weighted by Crippen LogP contribution is 2.20. The minimum atomic E-state index is 0.193. The molecule has 0 aliphatic heterocycles. The van der Waals surface area contributed by atoms with E-state index >= 15 is 0 Å². The Morgan fingerprint density at radius 1 is 1.21 bits per heavy atom. The van der Waals surface area contributed by atoms with E-state index in [1.54, 1.807) is 34.4 Å². The highest BCUT2D eigenvalue weighted by Gasteiger charge is 2.02. The lowest BCUT2D eigenvalue weighted by atomic mass is 10.2. The smallest absolute Gasteiger partial charge is 0.206 e. The number of aromatic nitrogens is 1. The zero-order valence-electron chi connectivity index (χ0n) is 13.1. The molecule has 24 heavy (non-hydrogen) atoms. The molecule has 0 saturated heterocycles. The Bertz CT molecular complexity index is 929. The summed E-state index contributed by atoms with van der Waals surface area (Å²) in [4.78, 5) is 5.47. The molecule has 3 rings (SSSR count). The monoisotopic (exact) mass is 401 g/mol. The van der Waals surface area contributed by atoms with Gasteiger partial charge in [0.15, 0.2) is 0 Å². The standard InChI is InChI=1S/C18H16BrN3OS/c1-13-12-24-18(20-10-14-5-3-2-4-6-14)22(13)21-11-15-9-16(19)7-8-17(15)23/h2-9,11-12,23H,10H2,1H3. The molecule has 0 radical (unpaired) electrons. The molecule has 0 bridgehead atoms. The minimum Gasteiger partial charge on any atom is -0.507 e. The average Bonchev–Trinajstić information content (AvgIpc) is 2.95. The maximum absolute atomic E-state index is 9.91. The first-order chi connectivity index (χ1) is 11.6. The van der Waals surface area contributed by atoms with Gasteiger partial charge in [0, 0.05) is 15.4 Å². The van der Waals surface area contributed by atoms with Gasteiger partial charge in [-0.1, -0.05) is 46.3 Å². The second kappa shape index (κ2) is 7.59. The molecule has 0 spiro atoms. The normalized spacial score (nSPS) is 12.2. The van der Waals surface area contributed by atoms with Gasteiger partial charge in [0.05, 0.1) is 18.5 Å². The van der Waals surface area contributed by atoms with Crippen LogP contribution in [0.5, 0.6) is 5.75 Å². The number of hydrogen-bond acceptors (Lipinski definition) is 4. The third-order valence-corrected chi connectivity index (χ3v) is 4.86. The molecule has 0 saturated carbocycles. The molecule has 122 valence electrons. The molecule has 0 aliphatic rings. The van der Waals surface area contributed by atoms with Crippen molar-refractivity contribution >= 4 is 33.5 Å². The van der Waals surface area contributed by atoms with Crippen LogP contribution in [-0.4, -0.2) is 16.0 Å². The number of nitrogens with zero attached hydrogens (tertiary/aromatic N) is 3. The zero-order valence-corrected chi connectivity index (χ0v) is 15.5. The topological polar surface area (TPSA) is 49.9 Å². The maximum Gasteiger partial charge on any atom is 0.206 e. The van der Waals surface area contributed by atoms with Crippen LogP contribution in [0, 0.1) is 6.92 Å². The van der Waals surface area contributed by atoms with Gasteiger partial charge in [-0.05, 0) is 30.7 Å². The Balaban J connectivity index is 1.90. The number of aryl methyl sites for hydroxylation is 1. The number of phenolic OH excluding ortho intramolecular Hbond substituents is 1. The number of phenols is 1. The number of rotatable bonds is 4. The van der Waals surface area contributed by atoms with Gasteiger partial charge in [0.1, 0.15) is 5.75 Å². The van der Waals surface area contributed by atoms with Crippen LogP contribution in [0.25, 0.3) is 0 Å². The second-order valence-corrected chi connectivity index (χ2v) is 6.97. The Morgan fingerprint density at radius 2 is 2.00 bits per heavy atom. The quantitative estimate of drug-likeness (QED) is 0.650. The lowest BCUT2D eigenvalue weighted by Gasteiger charge is -2.01. The molecular formula is C18H16BrN3OS. The van der Waals surface area contributed by atoms with Crippen molar-refractivity contribution < 1.29 is 5.11 Å². The number of benzene rings is 2. The van der Waals surface area contributed by atoms with E-state index in [0.29, 0.717) is 12.1 Å². The van der Waals surface area contributed by atoms with Crippen molar-refractivity contribution in [2.45, 2.75) is 13.5 Å². The highest BCUT2D eigenvalue weighted by molar-refractivity contribution is 9.10. The SMILES string of the molecule is Cc1csc(=NCc2ccccc2)n1N=Cc1cc(Br)ccc1O. The molecule has 0 fully saturated rings. The minimum absolute atomic E-state index is 0.193. The summed E-state index contributed by atoms with van der Waals surface area (Å²) >= 11 is 4.95. The summed E-state index contributed by atoms with van der Waals surface area (Å²) in [6.07, 6.45) is 1.64. The molecule has 4 nitrogen and oxygen atoms in total. The van der Waals surface area contributed by atoms with Gasteiger partial charge >= 0.3 is 0 Å². The summed E-state index contributed by atoms with van der Waals surface area (Å²) in [5.74, 6) is 0.193. The molecule has 0 amide bonds. The summed E-state index contributed by atoms with van der Waals surface area (Å²) in [7, 11) is 0. The molecule has 1 aromatic heterocycles. The van der Waals surface area contributed by atoms with Crippen molar-refractivity contribution in [3.8, 4) is 5.75 Å². The molecule has 1 N–H and O–H groups in total. The van der Waals surface area contributed by atoms with Crippen molar-refractivity contribution in [2.75, 3.05) is 0 Å². The van der Waals surface area contributed by atoms with Crippen molar-refractivity contribution in [3.05, 3.63) is 80.0 Å². The van der Waals surface area contributed by atoms with Gasteiger partial charge in [-0.15, -0.1) is 11.3 Å². The summed E-state index contributed by atoms with van der Waals surface area (Å²) < 4.78 is 2.68. The third kappa shape index (κ3) is 4.01. The first-order valence-electron chi connectivity index (χ1n) is 7.38. The molecule has 2 aromatic carbocycles. The van der Waals surface area contributed by atoms with Gasteiger partial charge in [-0.3, -0.25) is 4.99 Å².